The van der Waals surface area contributed by atoms with Crippen molar-refractivity contribution in [2.24, 2.45) is 18.9 Å². The van der Waals surface area contributed by atoms with Gasteiger partial charge in [-0.25, -0.2) is 31.3 Å². The third-order valence-corrected chi connectivity index (χ3v) is 7.26. The Morgan fingerprint density at radius 3 is 2.63 bits per heavy atom. The molecule has 1 N–H and O–H groups in total. The van der Waals surface area contributed by atoms with Crippen LogP contribution in [-0.2, 0) is 18.5 Å². The van der Waals surface area contributed by atoms with Crippen molar-refractivity contribution in [2.45, 2.75) is 26.1 Å². The zero-order valence-electron chi connectivity index (χ0n) is 20.8. The van der Waals surface area contributed by atoms with Gasteiger partial charge in [0, 0.05) is 38.1 Å². The standard InChI is InChI=1S/C25H24N10O3/c1-14(34-13-29-21-20(34)23(37)35(12-26-2)25(38)32(21)3)22(36)31-19-6-4-5-18(30-19)17-8-27-24(28-9-17)33-10-15-7-16(15)11-33/h4-6,8-9,13-16H,7,10-12H2,1,3H3,(H,30,31,36)/t14-,15?,16?/m1/s1. The lowest BCUT2D eigenvalue weighted by molar-refractivity contribution is -0.118. The molecule has 0 spiro atoms. The molecule has 0 radical (unpaired) electrons. The molecule has 2 unspecified atom stereocenters. The van der Waals surface area contributed by atoms with Gasteiger partial charge in [0.1, 0.15) is 11.9 Å². The summed E-state index contributed by atoms with van der Waals surface area (Å²) in [6, 6.07) is 4.40. The van der Waals surface area contributed by atoms with Gasteiger partial charge in [0.2, 0.25) is 11.9 Å². The minimum atomic E-state index is -0.855. The molecule has 1 aliphatic heterocycles. The minimum absolute atomic E-state index is 0.0626. The van der Waals surface area contributed by atoms with Gasteiger partial charge in [-0.1, -0.05) is 6.07 Å². The van der Waals surface area contributed by atoms with Crippen molar-refractivity contribution in [1.29, 1.82) is 0 Å². The van der Waals surface area contributed by atoms with Gasteiger partial charge in [-0.15, -0.1) is 0 Å². The van der Waals surface area contributed by atoms with E-state index in [0.717, 1.165) is 41.0 Å². The number of rotatable bonds is 6. The summed E-state index contributed by atoms with van der Waals surface area (Å²) in [7, 11) is 1.46. The van der Waals surface area contributed by atoms with Gasteiger partial charge < -0.3 is 14.8 Å². The van der Waals surface area contributed by atoms with Crippen molar-refractivity contribution >= 4 is 28.8 Å². The molecular weight excluding hydrogens is 488 g/mol. The van der Waals surface area contributed by atoms with E-state index in [1.807, 2.05) is 6.07 Å². The number of fused-ring (bicyclic) bond motifs is 2. The normalized spacial score (nSPS) is 18.7. The van der Waals surface area contributed by atoms with Crippen molar-refractivity contribution in [3.63, 3.8) is 0 Å². The number of aromatic nitrogens is 7. The number of hydrogen-bond donors (Lipinski definition) is 1. The summed E-state index contributed by atoms with van der Waals surface area (Å²) in [5.74, 6) is 2.19. The molecule has 0 aromatic carbocycles. The Morgan fingerprint density at radius 2 is 1.92 bits per heavy atom. The maximum absolute atomic E-state index is 13.1. The Kier molecular flexibility index (Phi) is 5.52. The van der Waals surface area contributed by atoms with E-state index in [4.69, 9.17) is 6.57 Å². The van der Waals surface area contributed by atoms with Crippen LogP contribution < -0.4 is 21.5 Å². The third-order valence-electron chi connectivity index (χ3n) is 7.26. The summed E-state index contributed by atoms with van der Waals surface area (Å²) in [4.78, 5) is 61.7. The quantitative estimate of drug-likeness (QED) is 0.382. The van der Waals surface area contributed by atoms with Crippen LogP contribution in [-0.4, -0.2) is 52.6 Å². The first-order chi connectivity index (χ1) is 18.4. The van der Waals surface area contributed by atoms with Crippen LogP contribution in [0, 0.1) is 18.4 Å². The molecule has 1 saturated heterocycles. The number of piperidine rings is 1. The van der Waals surface area contributed by atoms with Crippen LogP contribution in [0.1, 0.15) is 19.4 Å². The molecule has 1 aliphatic carbocycles. The van der Waals surface area contributed by atoms with Gasteiger partial charge in [-0.3, -0.25) is 19.0 Å². The van der Waals surface area contributed by atoms with Crippen molar-refractivity contribution in [3.05, 3.63) is 69.2 Å². The van der Waals surface area contributed by atoms with Gasteiger partial charge in [0.15, 0.2) is 11.2 Å². The first kappa shape index (κ1) is 23.5. The number of hydrogen-bond acceptors (Lipinski definition) is 8. The van der Waals surface area contributed by atoms with Crippen molar-refractivity contribution in [1.82, 2.24) is 33.6 Å². The third kappa shape index (κ3) is 3.90. The summed E-state index contributed by atoms with van der Waals surface area (Å²) >= 11 is 0. The lowest BCUT2D eigenvalue weighted by Crippen LogP contribution is -2.39. The highest BCUT2D eigenvalue weighted by Crippen LogP contribution is 2.45. The Hall–Kier alpha value is -4.86. The van der Waals surface area contributed by atoms with Crippen LogP contribution in [0.4, 0.5) is 11.8 Å². The molecule has 4 aromatic heterocycles. The minimum Gasteiger partial charge on any atom is -0.340 e. The van der Waals surface area contributed by atoms with Crippen molar-refractivity contribution in [2.75, 3.05) is 23.3 Å². The summed E-state index contributed by atoms with van der Waals surface area (Å²) < 4.78 is 3.41. The van der Waals surface area contributed by atoms with Gasteiger partial charge >= 0.3 is 5.69 Å². The fourth-order valence-electron chi connectivity index (χ4n) is 4.98. The topological polar surface area (TPSA) is 137 Å². The summed E-state index contributed by atoms with van der Waals surface area (Å²) in [5, 5.41) is 2.78. The molecule has 1 amide bonds. The number of anilines is 2. The van der Waals surface area contributed by atoms with Gasteiger partial charge in [-0.05, 0) is 37.3 Å². The predicted octanol–water partition coefficient (Wildman–Crippen LogP) is 1.28. The number of carbonyl (C=O) groups is 1. The molecule has 5 heterocycles. The second kappa shape index (κ2) is 8.91. The number of aryl methyl sites for hydroxylation is 1. The maximum Gasteiger partial charge on any atom is 0.338 e. The van der Waals surface area contributed by atoms with E-state index in [0.29, 0.717) is 11.5 Å². The van der Waals surface area contributed by atoms with E-state index in [2.05, 4.69) is 35.0 Å². The second-order valence-corrected chi connectivity index (χ2v) is 9.70. The Morgan fingerprint density at radius 1 is 1.18 bits per heavy atom. The Labute approximate surface area is 216 Å². The largest absolute Gasteiger partial charge is 0.340 e. The fraction of sp³-hybridized carbons (Fsp3) is 0.360. The molecule has 2 aliphatic rings. The number of amides is 1. The fourth-order valence-corrected chi connectivity index (χ4v) is 4.98. The van der Waals surface area contributed by atoms with Crippen LogP contribution >= 0.6 is 0 Å². The molecule has 4 aromatic rings. The van der Waals surface area contributed by atoms with Crippen molar-refractivity contribution in [3.8, 4) is 11.3 Å². The van der Waals surface area contributed by atoms with E-state index < -0.39 is 29.9 Å². The summed E-state index contributed by atoms with van der Waals surface area (Å²) in [6.45, 7) is 10.3. The van der Waals surface area contributed by atoms with Gasteiger partial charge in [0.05, 0.1) is 12.0 Å². The highest BCUT2D eigenvalue weighted by atomic mass is 16.2. The van der Waals surface area contributed by atoms with Gasteiger partial charge in [-0.2, -0.15) is 4.57 Å². The van der Waals surface area contributed by atoms with E-state index >= 15 is 0 Å². The molecule has 13 nitrogen and oxygen atoms in total. The molecule has 38 heavy (non-hydrogen) atoms. The zero-order valence-corrected chi connectivity index (χ0v) is 20.8. The maximum atomic E-state index is 13.1. The number of carbonyl (C=O) groups excluding carboxylic acids is 1. The molecule has 0 bridgehead atoms. The summed E-state index contributed by atoms with van der Waals surface area (Å²) in [5.41, 5.74) is 0.213. The number of nitrogens with one attached hydrogen (secondary N) is 1. The molecule has 3 atom stereocenters. The van der Waals surface area contributed by atoms with Crippen molar-refractivity contribution < 1.29 is 4.79 Å². The first-order valence-electron chi connectivity index (χ1n) is 12.2. The molecular formula is C25H24N10O3. The van der Waals surface area contributed by atoms with Crippen LogP contribution in [0.2, 0.25) is 0 Å². The predicted molar refractivity (Wildman–Crippen MR) is 138 cm³/mol. The monoisotopic (exact) mass is 512 g/mol. The molecule has 1 saturated carbocycles. The summed E-state index contributed by atoms with van der Waals surface area (Å²) in [6.07, 6.45) is 6.12. The number of nitrogens with zero attached hydrogens (tertiary/aromatic N) is 9. The lowest BCUT2D eigenvalue weighted by Gasteiger charge is -2.17. The average Bonchev–Trinajstić information content (AvgIpc) is 3.32. The van der Waals surface area contributed by atoms with E-state index in [-0.39, 0.29) is 11.2 Å². The van der Waals surface area contributed by atoms with E-state index in [1.54, 1.807) is 31.5 Å². The smallest absolute Gasteiger partial charge is 0.338 e. The highest BCUT2D eigenvalue weighted by molar-refractivity contribution is 5.93. The SMILES string of the molecule is [C-]#[N+]Cn1c(=O)c2c(ncn2[C@H](C)C(=O)Nc2cccc(-c3cnc(N4CC5CC5C4)nc3)n2)n(C)c1=O. The molecule has 13 heteroatoms. The first-order valence-corrected chi connectivity index (χ1v) is 12.2. The molecule has 6 rings (SSSR count). The Bertz CT molecular complexity index is 1720. The average molecular weight is 513 g/mol. The number of imidazole rings is 1. The van der Waals surface area contributed by atoms with Gasteiger partial charge in [0.25, 0.3) is 12.2 Å². The molecule has 2 fully saturated rings. The lowest BCUT2D eigenvalue weighted by atomic mass is 10.2. The molecule has 192 valence electrons. The zero-order chi connectivity index (χ0) is 26.6. The number of pyridine rings is 1. The Balaban J connectivity index is 1.23. The van der Waals surface area contributed by atoms with Crippen LogP contribution in [0.5, 0.6) is 0 Å². The van der Waals surface area contributed by atoms with E-state index in [1.165, 1.54) is 28.9 Å². The van der Waals surface area contributed by atoms with E-state index in [9.17, 15) is 14.4 Å². The van der Waals surface area contributed by atoms with Crippen LogP contribution in [0.15, 0.2) is 46.5 Å². The highest BCUT2D eigenvalue weighted by Gasteiger charge is 2.45. The second-order valence-electron chi connectivity index (χ2n) is 9.70. The van der Waals surface area contributed by atoms with Crippen LogP contribution in [0.3, 0.4) is 0 Å². The van der Waals surface area contributed by atoms with Crippen LogP contribution in [0.25, 0.3) is 27.3 Å².